The van der Waals surface area contributed by atoms with Gasteiger partial charge >= 0.3 is 0 Å². The Balaban J connectivity index is 1.75. The summed E-state index contributed by atoms with van der Waals surface area (Å²) in [4.78, 5) is 13.4. The van der Waals surface area contributed by atoms with Crippen LogP contribution in [0.15, 0.2) is 48.7 Å². The smallest absolute Gasteiger partial charge is 0.288 e. The highest BCUT2D eigenvalue weighted by Crippen LogP contribution is 2.27. The van der Waals surface area contributed by atoms with E-state index < -0.39 is 4.92 Å². The van der Waals surface area contributed by atoms with Crippen LogP contribution in [0.25, 0.3) is 10.9 Å². The Morgan fingerprint density at radius 3 is 2.81 bits per heavy atom. The minimum absolute atomic E-state index is 0.0871. The summed E-state index contributed by atoms with van der Waals surface area (Å²) >= 11 is 5.88. The van der Waals surface area contributed by atoms with Crippen LogP contribution in [0.1, 0.15) is 5.56 Å². The number of hydrogen-bond donors (Lipinski definition) is 2. The molecule has 106 valence electrons. The van der Waals surface area contributed by atoms with Crippen molar-refractivity contribution in [3.05, 3.63) is 69.4 Å². The van der Waals surface area contributed by atoms with Crippen molar-refractivity contribution in [3.63, 3.8) is 0 Å². The maximum absolute atomic E-state index is 10.7. The number of aromatic nitrogens is 1. The molecule has 0 unspecified atom stereocenters. The summed E-state index contributed by atoms with van der Waals surface area (Å²) in [6, 6.07) is 12.8. The minimum atomic E-state index is -0.494. The minimum Gasteiger partial charge on any atom is -0.381 e. The number of halogens is 1. The van der Waals surface area contributed by atoms with Gasteiger partial charge in [-0.2, -0.15) is 0 Å². The molecule has 1 heterocycles. The lowest BCUT2D eigenvalue weighted by Gasteiger charge is -2.07. The van der Waals surface area contributed by atoms with Crippen molar-refractivity contribution in [2.24, 2.45) is 0 Å². The maximum atomic E-state index is 10.7. The number of fused-ring (bicyclic) bond motifs is 1. The summed E-state index contributed by atoms with van der Waals surface area (Å²) in [5, 5.41) is 15.2. The van der Waals surface area contributed by atoms with E-state index in [4.69, 9.17) is 11.6 Å². The van der Waals surface area contributed by atoms with Crippen molar-refractivity contribution in [3.8, 4) is 0 Å². The van der Waals surface area contributed by atoms with Gasteiger partial charge in [0.1, 0.15) is 5.02 Å². The van der Waals surface area contributed by atoms with Crippen molar-refractivity contribution in [2.45, 2.75) is 6.54 Å². The third-order valence-electron chi connectivity index (χ3n) is 3.26. The Morgan fingerprint density at radius 1 is 1.19 bits per heavy atom. The number of aromatic amines is 1. The van der Waals surface area contributed by atoms with Gasteiger partial charge in [-0.3, -0.25) is 10.1 Å². The summed E-state index contributed by atoms with van der Waals surface area (Å²) in [6.45, 7) is 0.620. The lowest BCUT2D eigenvalue weighted by atomic mass is 10.1. The molecule has 0 aliphatic carbocycles. The molecule has 5 nitrogen and oxygen atoms in total. The Hall–Kier alpha value is -2.53. The number of nitrogens with one attached hydrogen (secondary N) is 2. The number of hydrogen-bond acceptors (Lipinski definition) is 3. The molecule has 21 heavy (non-hydrogen) atoms. The van der Waals surface area contributed by atoms with Gasteiger partial charge in [0.2, 0.25) is 0 Å². The SMILES string of the molecule is O=[N+]([O-])c1ccc(NCc2ccc3[nH]ccc3c2)cc1Cl. The number of anilines is 1. The van der Waals surface area contributed by atoms with Crippen LogP contribution in [-0.2, 0) is 6.54 Å². The van der Waals surface area contributed by atoms with Crippen molar-refractivity contribution in [1.82, 2.24) is 4.98 Å². The lowest BCUT2D eigenvalue weighted by molar-refractivity contribution is -0.384. The Labute approximate surface area is 125 Å². The van der Waals surface area contributed by atoms with E-state index >= 15 is 0 Å². The molecule has 3 aromatic rings. The quantitative estimate of drug-likeness (QED) is 0.556. The number of nitrogens with zero attached hydrogens (tertiary/aromatic N) is 1. The van der Waals surface area contributed by atoms with E-state index in [0.29, 0.717) is 6.54 Å². The van der Waals surface area contributed by atoms with Crippen LogP contribution in [0.5, 0.6) is 0 Å². The molecule has 6 heteroatoms. The van der Waals surface area contributed by atoms with E-state index in [1.165, 1.54) is 6.07 Å². The fourth-order valence-corrected chi connectivity index (χ4v) is 2.43. The molecule has 0 radical (unpaired) electrons. The van der Waals surface area contributed by atoms with E-state index in [9.17, 15) is 10.1 Å². The summed E-state index contributed by atoms with van der Waals surface area (Å²) < 4.78 is 0. The van der Waals surface area contributed by atoms with Gasteiger partial charge in [0.15, 0.2) is 0 Å². The molecular weight excluding hydrogens is 290 g/mol. The second kappa shape index (κ2) is 5.46. The van der Waals surface area contributed by atoms with Gasteiger partial charge < -0.3 is 10.3 Å². The molecule has 2 aromatic carbocycles. The van der Waals surface area contributed by atoms with Crippen LogP contribution in [0.4, 0.5) is 11.4 Å². The van der Waals surface area contributed by atoms with Gasteiger partial charge in [-0.1, -0.05) is 17.7 Å². The molecule has 0 fully saturated rings. The van der Waals surface area contributed by atoms with E-state index in [1.807, 2.05) is 24.4 Å². The van der Waals surface area contributed by atoms with E-state index in [1.54, 1.807) is 12.1 Å². The summed E-state index contributed by atoms with van der Waals surface area (Å²) in [6.07, 6.45) is 1.90. The van der Waals surface area contributed by atoms with Crippen molar-refractivity contribution in [2.75, 3.05) is 5.32 Å². The lowest BCUT2D eigenvalue weighted by Crippen LogP contribution is -1.99. The Morgan fingerprint density at radius 2 is 2.05 bits per heavy atom. The molecule has 0 aliphatic rings. The van der Waals surface area contributed by atoms with Gasteiger partial charge in [-0.15, -0.1) is 0 Å². The molecule has 0 saturated carbocycles. The van der Waals surface area contributed by atoms with Gasteiger partial charge in [0.25, 0.3) is 5.69 Å². The number of H-pyrrole nitrogens is 1. The predicted molar refractivity (Wildman–Crippen MR) is 83.7 cm³/mol. The third kappa shape index (κ3) is 2.83. The standard InChI is InChI=1S/C15H12ClN3O2/c16-13-8-12(2-4-15(13)19(20)21)18-9-10-1-3-14-11(7-10)5-6-17-14/h1-8,17-18H,9H2. The molecule has 0 amide bonds. The summed E-state index contributed by atoms with van der Waals surface area (Å²) in [5.74, 6) is 0. The molecule has 3 rings (SSSR count). The number of benzene rings is 2. The van der Waals surface area contributed by atoms with Crippen molar-refractivity contribution < 1.29 is 4.92 Å². The topological polar surface area (TPSA) is 71.0 Å². The van der Waals surface area contributed by atoms with E-state index in [2.05, 4.69) is 16.4 Å². The van der Waals surface area contributed by atoms with Gasteiger partial charge in [-0.05, 0) is 41.3 Å². The highest BCUT2D eigenvalue weighted by Gasteiger charge is 2.11. The zero-order valence-corrected chi connectivity index (χ0v) is 11.7. The summed E-state index contributed by atoms with van der Waals surface area (Å²) in [7, 11) is 0. The highest BCUT2D eigenvalue weighted by atomic mass is 35.5. The van der Waals surface area contributed by atoms with Gasteiger partial charge in [0.05, 0.1) is 4.92 Å². The molecule has 0 aliphatic heterocycles. The van der Waals surface area contributed by atoms with Crippen LogP contribution in [0.3, 0.4) is 0 Å². The largest absolute Gasteiger partial charge is 0.381 e. The number of nitro groups is 1. The van der Waals surface area contributed by atoms with Crippen LogP contribution in [0, 0.1) is 10.1 Å². The highest BCUT2D eigenvalue weighted by molar-refractivity contribution is 6.32. The molecule has 0 atom stereocenters. The maximum Gasteiger partial charge on any atom is 0.288 e. The summed E-state index contributed by atoms with van der Waals surface area (Å²) in [5.41, 5.74) is 2.88. The number of nitro benzene ring substituents is 1. The van der Waals surface area contributed by atoms with E-state index in [0.717, 1.165) is 22.2 Å². The average molecular weight is 302 g/mol. The third-order valence-corrected chi connectivity index (χ3v) is 3.56. The first-order valence-electron chi connectivity index (χ1n) is 6.37. The Bertz CT molecular complexity index is 814. The molecular formula is C15H12ClN3O2. The van der Waals surface area contributed by atoms with Crippen molar-refractivity contribution >= 4 is 33.9 Å². The van der Waals surface area contributed by atoms with Crippen LogP contribution in [-0.4, -0.2) is 9.91 Å². The van der Waals surface area contributed by atoms with Crippen LogP contribution in [0.2, 0.25) is 5.02 Å². The average Bonchev–Trinajstić information content (AvgIpc) is 2.92. The first-order chi connectivity index (χ1) is 10.1. The van der Waals surface area contributed by atoms with Crippen LogP contribution >= 0.6 is 11.6 Å². The molecule has 2 N–H and O–H groups in total. The molecule has 0 bridgehead atoms. The molecule has 0 spiro atoms. The first kappa shape index (κ1) is 13.5. The van der Waals surface area contributed by atoms with Crippen molar-refractivity contribution in [1.29, 1.82) is 0 Å². The second-order valence-corrected chi connectivity index (χ2v) is 5.08. The molecule has 0 saturated heterocycles. The fourth-order valence-electron chi connectivity index (χ4n) is 2.18. The number of rotatable bonds is 4. The molecule has 1 aromatic heterocycles. The predicted octanol–water partition coefficient (Wildman–Crippen LogP) is 4.34. The zero-order valence-electron chi connectivity index (χ0n) is 11.0. The van der Waals surface area contributed by atoms with Gasteiger partial charge in [0, 0.05) is 30.0 Å². The van der Waals surface area contributed by atoms with Crippen LogP contribution < -0.4 is 5.32 Å². The normalized spacial score (nSPS) is 10.7. The van der Waals surface area contributed by atoms with Gasteiger partial charge in [-0.25, -0.2) is 0 Å². The monoisotopic (exact) mass is 301 g/mol. The van der Waals surface area contributed by atoms with E-state index in [-0.39, 0.29) is 10.7 Å². The zero-order chi connectivity index (χ0) is 14.8. The second-order valence-electron chi connectivity index (χ2n) is 4.68. The Kier molecular flexibility index (Phi) is 3.50. The fraction of sp³-hybridized carbons (Fsp3) is 0.0667. The first-order valence-corrected chi connectivity index (χ1v) is 6.75.